The molecule has 1 aliphatic carbocycles. The van der Waals surface area contributed by atoms with E-state index in [2.05, 4.69) is 4.90 Å². The van der Waals surface area contributed by atoms with Crippen molar-refractivity contribution in [3.8, 4) is 11.5 Å². The lowest BCUT2D eigenvalue weighted by molar-refractivity contribution is -0.118. The van der Waals surface area contributed by atoms with Gasteiger partial charge in [0.25, 0.3) is 5.91 Å². The molecule has 1 aromatic carbocycles. The van der Waals surface area contributed by atoms with Gasteiger partial charge in [-0.3, -0.25) is 9.59 Å². The second-order valence-electron chi connectivity index (χ2n) is 8.94. The van der Waals surface area contributed by atoms with E-state index in [1.807, 2.05) is 17.0 Å². The van der Waals surface area contributed by atoms with Gasteiger partial charge in [-0.15, -0.1) is 0 Å². The average molecular weight is 430 g/mol. The van der Waals surface area contributed by atoms with Gasteiger partial charge in [0.15, 0.2) is 11.5 Å². The van der Waals surface area contributed by atoms with Crippen LogP contribution in [0.4, 0.5) is 0 Å². The van der Waals surface area contributed by atoms with Gasteiger partial charge < -0.3 is 24.2 Å². The highest BCUT2D eigenvalue weighted by Gasteiger charge is 2.28. The maximum Gasteiger partial charge on any atom is 0.254 e. The smallest absolute Gasteiger partial charge is 0.254 e. The fourth-order valence-corrected chi connectivity index (χ4v) is 5.13. The summed E-state index contributed by atoms with van der Waals surface area (Å²) < 4.78 is 11.9. The molecule has 2 heterocycles. The summed E-state index contributed by atoms with van der Waals surface area (Å²) in [5.41, 5.74) is 0.597. The first-order chi connectivity index (χ1) is 15.2. The number of methoxy groups -OCH3 is 1. The molecule has 4 rings (SSSR count). The van der Waals surface area contributed by atoms with Crippen LogP contribution in [0.2, 0.25) is 0 Å². The van der Waals surface area contributed by atoms with Crippen LogP contribution in [0.25, 0.3) is 0 Å². The zero-order valence-electron chi connectivity index (χ0n) is 18.6. The van der Waals surface area contributed by atoms with Crippen LogP contribution in [-0.4, -0.2) is 85.5 Å². The van der Waals surface area contributed by atoms with E-state index in [0.717, 1.165) is 44.8 Å². The van der Waals surface area contributed by atoms with E-state index in [4.69, 9.17) is 9.47 Å². The first-order valence-electron chi connectivity index (χ1n) is 11.8. The zero-order valence-corrected chi connectivity index (χ0v) is 18.6. The van der Waals surface area contributed by atoms with Crippen LogP contribution < -0.4 is 9.47 Å². The Balaban J connectivity index is 1.35. The quantitative estimate of drug-likeness (QED) is 0.651. The van der Waals surface area contributed by atoms with Gasteiger partial charge in [0.1, 0.15) is 6.10 Å². The number of hydrogen-bond acceptors (Lipinski definition) is 5. The zero-order chi connectivity index (χ0) is 21.6. The molecule has 31 heavy (non-hydrogen) atoms. The van der Waals surface area contributed by atoms with Crippen molar-refractivity contribution >= 4 is 12.3 Å². The molecule has 3 aliphatic rings. The molecular formula is C24H35N3O4. The Labute approximate surface area is 185 Å². The number of likely N-dealkylation sites (tertiary alicyclic amines) is 1. The highest BCUT2D eigenvalue weighted by Crippen LogP contribution is 2.32. The van der Waals surface area contributed by atoms with E-state index in [-0.39, 0.29) is 12.0 Å². The Morgan fingerprint density at radius 3 is 2.42 bits per heavy atom. The molecule has 0 N–H and O–H groups in total. The standard InChI is InChI=1S/C24H35N3O4/c1-30-23-17-19(24(29)27-12-4-11-25(18-28)15-16-27)7-8-22(23)31-21-9-13-26(14-10-21)20-5-2-3-6-20/h7-8,17-18,20-21H,2-6,9-16H2,1H3. The van der Waals surface area contributed by atoms with Crippen molar-refractivity contribution in [1.82, 2.24) is 14.7 Å². The maximum absolute atomic E-state index is 13.0. The third-order valence-electron chi connectivity index (χ3n) is 6.99. The molecule has 7 heteroatoms. The molecule has 7 nitrogen and oxygen atoms in total. The number of ether oxygens (including phenoxy) is 2. The van der Waals surface area contributed by atoms with Crippen molar-refractivity contribution in [1.29, 1.82) is 0 Å². The van der Waals surface area contributed by atoms with Gasteiger partial charge in [-0.2, -0.15) is 0 Å². The van der Waals surface area contributed by atoms with Crippen molar-refractivity contribution in [3.05, 3.63) is 23.8 Å². The molecule has 0 aromatic heterocycles. The number of carbonyl (C=O) groups excluding carboxylic acids is 2. The minimum Gasteiger partial charge on any atom is -0.493 e. The molecule has 2 saturated heterocycles. The molecule has 0 bridgehead atoms. The normalized spacial score (nSPS) is 21.7. The molecule has 3 fully saturated rings. The van der Waals surface area contributed by atoms with Gasteiger partial charge in [0, 0.05) is 50.9 Å². The van der Waals surface area contributed by atoms with Gasteiger partial charge in [-0.05, 0) is 50.3 Å². The number of nitrogens with zero attached hydrogens (tertiary/aromatic N) is 3. The van der Waals surface area contributed by atoms with Crippen LogP contribution in [0.15, 0.2) is 18.2 Å². The van der Waals surface area contributed by atoms with E-state index in [9.17, 15) is 9.59 Å². The van der Waals surface area contributed by atoms with E-state index >= 15 is 0 Å². The highest BCUT2D eigenvalue weighted by atomic mass is 16.5. The number of amides is 2. The van der Waals surface area contributed by atoms with Crippen LogP contribution >= 0.6 is 0 Å². The molecule has 2 amide bonds. The van der Waals surface area contributed by atoms with Crippen LogP contribution in [0.1, 0.15) is 55.3 Å². The Bertz CT molecular complexity index is 757. The fraction of sp³-hybridized carbons (Fsp3) is 0.667. The summed E-state index contributed by atoms with van der Waals surface area (Å²) in [5, 5.41) is 0. The average Bonchev–Trinajstić information content (AvgIpc) is 3.24. The van der Waals surface area contributed by atoms with E-state index < -0.39 is 0 Å². The molecule has 0 radical (unpaired) electrons. The second-order valence-corrected chi connectivity index (χ2v) is 8.94. The van der Waals surface area contributed by atoms with Crippen molar-refractivity contribution in [3.63, 3.8) is 0 Å². The Morgan fingerprint density at radius 1 is 0.935 bits per heavy atom. The summed E-state index contributed by atoms with van der Waals surface area (Å²) in [6.45, 7) is 4.68. The fourth-order valence-electron chi connectivity index (χ4n) is 5.13. The second kappa shape index (κ2) is 10.4. The van der Waals surface area contributed by atoms with E-state index in [1.165, 1.54) is 25.7 Å². The molecule has 1 aromatic rings. The van der Waals surface area contributed by atoms with Crippen LogP contribution in [0.3, 0.4) is 0 Å². The van der Waals surface area contributed by atoms with E-state index in [1.54, 1.807) is 18.1 Å². The Morgan fingerprint density at radius 2 is 1.71 bits per heavy atom. The molecule has 1 saturated carbocycles. The predicted molar refractivity (Wildman–Crippen MR) is 119 cm³/mol. The largest absolute Gasteiger partial charge is 0.493 e. The third kappa shape index (κ3) is 5.32. The topological polar surface area (TPSA) is 62.3 Å². The molecule has 0 spiro atoms. The minimum atomic E-state index is -0.0255. The summed E-state index contributed by atoms with van der Waals surface area (Å²) >= 11 is 0. The van der Waals surface area contributed by atoms with Crippen molar-refractivity contribution in [2.24, 2.45) is 0 Å². The summed E-state index contributed by atoms with van der Waals surface area (Å²) in [6, 6.07) is 6.26. The number of hydrogen-bond donors (Lipinski definition) is 0. The third-order valence-corrected chi connectivity index (χ3v) is 6.99. The SMILES string of the molecule is COc1cc(C(=O)N2CCCN(C=O)CC2)ccc1OC1CCN(C2CCCC2)CC1. The van der Waals surface area contributed by atoms with E-state index in [0.29, 0.717) is 43.2 Å². The van der Waals surface area contributed by atoms with Gasteiger partial charge >= 0.3 is 0 Å². The first kappa shape index (κ1) is 21.9. The summed E-state index contributed by atoms with van der Waals surface area (Å²) in [5.74, 6) is 1.29. The maximum atomic E-state index is 13.0. The summed E-state index contributed by atoms with van der Waals surface area (Å²) in [4.78, 5) is 30.2. The summed E-state index contributed by atoms with van der Waals surface area (Å²) in [6.07, 6.45) is 9.34. The number of piperidine rings is 1. The number of benzene rings is 1. The lowest BCUT2D eigenvalue weighted by Crippen LogP contribution is -2.43. The number of carbonyl (C=O) groups is 2. The Hall–Kier alpha value is -2.28. The molecule has 0 atom stereocenters. The first-order valence-corrected chi connectivity index (χ1v) is 11.8. The summed E-state index contributed by atoms with van der Waals surface area (Å²) in [7, 11) is 1.62. The van der Waals surface area contributed by atoms with Gasteiger partial charge in [0.05, 0.1) is 7.11 Å². The van der Waals surface area contributed by atoms with Gasteiger partial charge in [0.2, 0.25) is 6.41 Å². The van der Waals surface area contributed by atoms with Gasteiger partial charge in [-0.1, -0.05) is 12.8 Å². The molecule has 170 valence electrons. The number of rotatable bonds is 6. The lowest BCUT2D eigenvalue weighted by Gasteiger charge is -2.36. The van der Waals surface area contributed by atoms with Crippen molar-refractivity contribution in [2.75, 3.05) is 46.4 Å². The van der Waals surface area contributed by atoms with Crippen LogP contribution in [-0.2, 0) is 4.79 Å². The van der Waals surface area contributed by atoms with Crippen LogP contribution in [0.5, 0.6) is 11.5 Å². The highest BCUT2D eigenvalue weighted by molar-refractivity contribution is 5.95. The van der Waals surface area contributed by atoms with Gasteiger partial charge in [-0.25, -0.2) is 0 Å². The Kier molecular flexibility index (Phi) is 7.33. The van der Waals surface area contributed by atoms with Crippen molar-refractivity contribution in [2.45, 2.75) is 57.1 Å². The van der Waals surface area contributed by atoms with Crippen LogP contribution in [0, 0.1) is 0 Å². The predicted octanol–water partition coefficient (Wildman–Crippen LogP) is 2.79. The molecule has 0 unspecified atom stereocenters. The monoisotopic (exact) mass is 429 g/mol. The minimum absolute atomic E-state index is 0.0255. The molecule has 2 aliphatic heterocycles. The van der Waals surface area contributed by atoms with Crippen molar-refractivity contribution < 1.29 is 19.1 Å². The molecular weight excluding hydrogens is 394 g/mol. The lowest BCUT2D eigenvalue weighted by atomic mass is 10.0.